The number of nitrogens with zero attached hydrogens (tertiary/aromatic N) is 7. The first-order valence-corrected chi connectivity index (χ1v) is 26.7. The van der Waals surface area contributed by atoms with Crippen molar-refractivity contribution < 1.29 is 42.2 Å². The van der Waals surface area contributed by atoms with Crippen molar-refractivity contribution in [3.63, 3.8) is 0 Å². The van der Waals surface area contributed by atoms with Crippen molar-refractivity contribution in [2.45, 2.75) is 109 Å². The fourth-order valence-electron chi connectivity index (χ4n) is 9.53. The zero-order chi connectivity index (χ0) is 52.5. The number of nitrogens with one attached hydrogen (secondary N) is 1. The Balaban J connectivity index is 0.664. The van der Waals surface area contributed by atoms with E-state index in [0.29, 0.717) is 48.6 Å². The lowest BCUT2D eigenvalue weighted by atomic mass is 9.86. The first-order valence-electron chi connectivity index (χ1n) is 26.2. The molecular weight excluding hydrogens is 982 g/mol. The normalized spacial score (nSPS) is 15.5. The lowest BCUT2D eigenvalue weighted by Crippen LogP contribution is -2.32. The minimum absolute atomic E-state index is 0.0517. The molecule has 3 heterocycles. The molecule has 18 heteroatoms. The van der Waals surface area contributed by atoms with Gasteiger partial charge in [-0.1, -0.05) is 68.9 Å². The van der Waals surface area contributed by atoms with Crippen LogP contribution in [0.1, 0.15) is 124 Å². The molecule has 75 heavy (non-hydrogen) atoms. The number of rotatable bonds is 28. The van der Waals surface area contributed by atoms with Gasteiger partial charge < -0.3 is 34.1 Å². The Hall–Kier alpha value is -6.85. The van der Waals surface area contributed by atoms with E-state index in [1.807, 2.05) is 78.9 Å². The third-order valence-corrected chi connectivity index (χ3v) is 14.1. The maximum atomic E-state index is 14.2. The van der Waals surface area contributed by atoms with Crippen molar-refractivity contribution in [2.75, 3.05) is 54.3 Å². The van der Waals surface area contributed by atoms with Crippen LogP contribution in [-0.4, -0.2) is 86.8 Å². The molecule has 2 fully saturated rings. The smallest absolute Gasteiger partial charge is 0.413 e. The molecule has 0 unspecified atom stereocenters. The molecule has 2 N–H and O–H groups in total. The molecule has 15 nitrogen and oxygen atoms in total. The van der Waals surface area contributed by atoms with Gasteiger partial charge in [0, 0.05) is 36.7 Å². The Kier molecular flexibility index (Phi) is 19.7. The Morgan fingerprint density at radius 2 is 1.45 bits per heavy atom. The zero-order valence-corrected chi connectivity index (χ0v) is 43.3. The number of ether oxygens (including phenoxy) is 2. The highest BCUT2D eigenvalue weighted by Gasteiger charge is 2.30. The molecule has 2 saturated carbocycles. The minimum Gasteiger partial charge on any atom is -0.494 e. The molecule has 8 rings (SSSR count). The second-order valence-electron chi connectivity index (χ2n) is 19.7. The fraction of sp³-hybridized carbons (Fsp3) is 0.439. The molecule has 398 valence electrons. The van der Waals surface area contributed by atoms with Crippen LogP contribution in [0.2, 0.25) is 0 Å². The molecule has 0 saturated heterocycles. The van der Waals surface area contributed by atoms with E-state index in [4.69, 9.17) is 25.5 Å². The first-order chi connectivity index (χ1) is 36.5. The number of oxazole rings is 1. The standard InChI is InChI=1S/C57H67ClF2N8O7/c1-65(31-11-6-4-2-3-5-7-12-32-73-46-25-27-48(28-26-46)75-47-23-21-44(22-24-47)66(52(69)34-58)36-40-13-9-8-10-14-40)35-41-17-19-45(20-18-41)68-38-49(53(64-68)54(59)60)62-55(70)50-39-74-56(63-50)43-29-30-61-51(33-43)67(57(71)72)37-42-15-16-42/h8-10,13-14,21-30,33,38-39,41-42,45,54H,2-7,11-12,15-20,31-32,34-37H2,1H3,(H,62,70)(H,71,72)/t41-,45-. The Morgan fingerprint density at radius 1 is 0.813 bits per heavy atom. The van der Waals surface area contributed by atoms with Crippen LogP contribution in [0, 0.1) is 11.8 Å². The van der Waals surface area contributed by atoms with Crippen LogP contribution in [0.25, 0.3) is 11.5 Å². The number of benzene rings is 3. The highest BCUT2D eigenvalue weighted by Crippen LogP contribution is 2.36. The van der Waals surface area contributed by atoms with E-state index in [-0.39, 0.29) is 40.9 Å². The number of anilines is 3. The van der Waals surface area contributed by atoms with Gasteiger partial charge in [-0.15, -0.1) is 11.6 Å². The number of pyridine rings is 1. The first kappa shape index (κ1) is 54.4. The molecular formula is C57H67ClF2N8O7. The van der Waals surface area contributed by atoms with Crippen LogP contribution in [0.15, 0.2) is 114 Å². The number of carbonyl (C=O) groups excluding carboxylic acids is 2. The van der Waals surface area contributed by atoms with E-state index in [2.05, 4.69) is 32.3 Å². The SMILES string of the molecule is CN(CCCCCCCCCCOc1ccc(Oc2ccc(N(Cc3ccccc3)C(=O)CCl)cc2)cc1)C[C@H]1CC[C@H](n2cc(NC(=O)c3coc(-c4ccnc(N(CC5CC5)C(=O)O)c4)n3)c(C(F)F)n2)CC1. The van der Waals surface area contributed by atoms with Crippen molar-refractivity contribution in [1.82, 2.24) is 24.6 Å². The molecule has 0 aliphatic heterocycles. The number of unbranched alkanes of at least 4 members (excludes halogenated alkanes) is 7. The summed E-state index contributed by atoms with van der Waals surface area (Å²) >= 11 is 5.92. The van der Waals surface area contributed by atoms with Crippen molar-refractivity contribution in [2.24, 2.45) is 11.8 Å². The second kappa shape index (κ2) is 27.1. The van der Waals surface area contributed by atoms with Gasteiger partial charge in [0.1, 0.15) is 35.2 Å². The van der Waals surface area contributed by atoms with Gasteiger partial charge in [0.05, 0.1) is 24.9 Å². The third-order valence-electron chi connectivity index (χ3n) is 13.9. The molecule has 6 aromatic rings. The maximum absolute atomic E-state index is 14.2. The topological polar surface area (TPSA) is 168 Å². The van der Waals surface area contributed by atoms with Gasteiger partial charge in [0.2, 0.25) is 11.8 Å². The van der Waals surface area contributed by atoms with Crippen molar-refractivity contribution >= 4 is 46.7 Å². The summed E-state index contributed by atoms with van der Waals surface area (Å²) in [5.41, 5.74) is 1.49. The monoisotopic (exact) mass is 1050 g/mol. The second-order valence-corrected chi connectivity index (χ2v) is 20.0. The number of carboxylic acid groups (broad SMARTS) is 1. The summed E-state index contributed by atoms with van der Waals surface area (Å²) in [5.74, 6) is 2.27. The highest BCUT2D eigenvalue weighted by molar-refractivity contribution is 6.29. The Labute approximate surface area is 442 Å². The lowest BCUT2D eigenvalue weighted by molar-refractivity contribution is -0.116. The summed E-state index contributed by atoms with van der Waals surface area (Å²) in [6, 6.07) is 27.9. The molecule has 0 bridgehead atoms. The number of alkyl halides is 3. The highest BCUT2D eigenvalue weighted by atomic mass is 35.5. The summed E-state index contributed by atoms with van der Waals surface area (Å²) in [7, 11) is 2.18. The van der Waals surface area contributed by atoms with Gasteiger partial charge in [-0.25, -0.2) is 23.5 Å². The van der Waals surface area contributed by atoms with Gasteiger partial charge in [-0.05, 0) is 143 Å². The quantitative estimate of drug-likeness (QED) is 0.0354. The van der Waals surface area contributed by atoms with Gasteiger partial charge >= 0.3 is 6.09 Å². The number of hydrogen-bond donors (Lipinski definition) is 2. The number of amides is 3. The maximum Gasteiger partial charge on any atom is 0.413 e. The molecule has 3 aromatic heterocycles. The van der Waals surface area contributed by atoms with Crippen LogP contribution in [0.3, 0.4) is 0 Å². The predicted octanol–water partition coefficient (Wildman–Crippen LogP) is 13.4. The largest absolute Gasteiger partial charge is 0.494 e. The summed E-state index contributed by atoms with van der Waals surface area (Å²) in [5, 5.41) is 16.5. The van der Waals surface area contributed by atoms with Gasteiger partial charge in [0.25, 0.3) is 12.3 Å². The van der Waals surface area contributed by atoms with Crippen LogP contribution < -0.4 is 24.6 Å². The number of aromatic nitrogens is 4. The van der Waals surface area contributed by atoms with E-state index in [1.165, 1.54) is 55.5 Å². The van der Waals surface area contributed by atoms with E-state index in [9.17, 15) is 28.3 Å². The summed E-state index contributed by atoms with van der Waals surface area (Å²) < 4.78 is 47.6. The number of carbonyl (C=O) groups is 3. The molecule has 0 radical (unpaired) electrons. The third kappa shape index (κ3) is 16.1. The summed E-state index contributed by atoms with van der Waals surface area (Å²) in [4.78, 5) is 51.5. The van der Waals surface area contributed by atoms with Crippen LogP contribution >= 0.6 is 11.6 Å². The fourth-order valence-corrected chi connectivity index (χ4v) is 9.67. The summed E-state index contributed by atoms with van der Waals surface area (Å²) in [6.07, 6.45) is 14.9. The summed E-state index contributed by atoms with van der Waals surface area (Å²) in [6.45, 7) is 3.48. The molecule has 3 aromatic carbocycles. The van der Waals surface area contributed by atoms with E-state index in [0.717, 1.165) is 94.1 Å². The van der Waals surface area contributed by atoms with E-state index in [1.54, 1.807) is 15.6 Å². The Bertz CT molecular complexity index is 2750. The van der Waals surface area contributed by atoms with E-state index < -0.39 is 24.1 Å². The van der Waals surface area contributed by atoms with Gasteiger partial charge in [0.15, 0.2) is 11.4 Å². The molecule has 3 amide bonds. The predicted molar refractivity (Wildman–Crippen MR) is 285 cm³/mol. The van der Waals surface area contributed by atoms with E-state index >= 15 is 0 Å². The van der Waals surface area contributed by atoms with Gasteiger partial charge in [-0.3, -0.25) is 19.2 Å². The molecule has 0 atom stereocenters. The zero-order valence-electron chi connectivity index (χ0n) is 42.5. The van der Waals surface area contributed by atoms with Gasteiger partial charge in [-0.2, -0.15) is 5.10 Å². The average Bonchev–Trinajstić information content (AvgIpc) is 3.93. The van der Waals surface area contributed by atoms with Crippen LogP contribution in [0.5, 0.6) is 17.2 Å². The molecule has 0 spiro atoms. The lowest BCUT2D eigenvalue weighted by Gasteiger charge is -2.31. The average molecular weight is 1050 g/mol. The molecule has 2 aliphatic carbocycles. The van der Waals surface area contributed by atoms with Crippen LogP contribution in [0.4, 0.5) is 30.8 Å². The Morgan fingerprint density at radius 3 is 2.12 bits per heavy atom. The van der Waals surface area contributed by atoms with Crippen molar-refractivity contribution in [3.05, 3.63) is 127 Å². The van der Waals surface area contributed by atoms with Crippen molar-refractivity contribution in [1.29, 1.82) is 0 Å². The van der Waals surface area contributed by atoms with Crippen molar-refractivity contribution in [3.8, 4) is 28.7 Å². The minimum atomic E-state index is -2.90. The molecule has 2 aliphatic rings. The van der Waals surface area contributed by atoms with Crippen LogP contribution in [-0.2, 0) is 11.3 Å². The number of hydrogen-bond acceptors (Lipinski definition) is 10. The number of halogens is 3.